The first-order chi connectivity index (χ1) is 14.6. The van der Waals surface area contributed by atoms with E-state index in [1.54, 1.807) is 12.1 Å². The summed E-state index contributed by atoms with van der Waals surface area (Å²) >= 11 is 0.609. The average molecular weight is 431 g/mol. The molecule has 0 N–H and O–H groups in total. The van der Waals surface area contributed by atoms with Gasteiger partial charge < -0.3 is 0 Å². The van der Waals surface area contributed by atoms with Crippen molar-refractivity contribution in [1.29, 1.82) is 0 Å². The molecule has 0 bridgehead atoms. The fourth-order valence-corrected chi connectivity index (χ4v) is 5.23. The third kappa shape index (κ3) is 7.72. The molecule has 2 aromatic rings. The van der Waals surface area contributed by atoms with Gasteiger partial charge in [0.15, 0.2) is 0 Å². The molecule has 30 heavy (non-hydrogen) atoms. The van der Waals surface area contributed by atoms with E-state index in [0.29, 0.717) is 16.7 Å². The normalized spacial score (nSPS) is 19.3. The summed E-state index contributed by atoms with van der Waals surface area (Å²) in [6.07, 6.45) is 14.4. The molecule has 164 valence electrons. The maximum absolute atomic E-state index is 12.4. The van der Waals surface area contributed by atoms with Gasteiger partial charge >= 0.3 is 0 Å². The SMILES string of the molecule is CCCCCC[C@H]1CC[C@H](c2ccc(CCc3ccc(SC(F)F)cc3)cc2)CC1. The van der Waals surface area contributed by atoms with Crippen LogP contribution in [0.2, 0.25) is 0 Å². The van der Waals surface area contributed by atoms with Crippen LogP contribution in [0.25, 0.3) is 0 Å². The van der Waals surface area contributed by atoms with Crippen LogP contribution < -0.4 is 0 Å². The lowest BCUT2D eigenvalue weighted by atomic mass is 9.77. The summed E-state index contributed by atoms with van der Waals surface area (Å²) in [7, 11) is 0. The van der Waals surface area contributed by atoms with Crippen molar-refractivity contribution in [2.75, 3.05) is 0 Å². The highest BCUT2D eigenvalue weighted by molar-refractivity contribution is 7.99. The highest BCUT2D eigenvalue weighted by Crippen LogP contribution is 2.37. The lowest BCUT2D eigenvalue weighted by molar-refractivity contribution is 0.252. The predicted octanol–water partition coefficient (Wildman–Crippen LogP) is 9.03. The monoisotopic (exact) mass is 430 g/mol. The summed E-state index contributed by atoms with van der Waals surface area (Å²) in [5, 5.41) is 0. The Bertz CT molecular complexity index is 716. The molecule has 1 saturated carbocycles. The van der Waals surface area contributed by atoms with Crippen LogP contribution in [0, 0.1) is 5.92 Å². The van der Waals surface area contributed by atoms with Crippen molar-refractivity contribution in [1.82, 2.24) is 0 Å². The number of alkyl halides is 2. The highest BCUT2D eigenvalue weighted by Gasteiger charge is 2.22. The van der Waals surface area contributed by atoms with Crippen LogP contribution in [0.3, 0.4) is 0 Å². The lowest BCUT2D eigenvalue weighted by Crippen LogP contribution is -2.13. The van der Waals surface area contributed by atoms with E-state index in [9.17, 15) is 8.78 Å². The van der Waals surface area contributed by atoms with Crippen LogP contribution >= 0.6 is 11.8 Å². The van der Waals surface area contributed by atoms with Crippen LogP contribution in [0.5, 0.6) is 0 Å². The molecule has 1 aliphatic rings. The highest BCUT2D eigenvalue weighted by atomic mass is 32.2. The van der Waals surface area contributed by atoms with Gasteiger partial charge in [-0.1, -0.05) is 87.2 Å². The molecule has 0 amide bonds. The quantitative estimate of drug-likeness (QED) is 0.253. The van der Waals surface area contributed by atoms with Crippen LogP contribution in [0.15, 0.2) is 53.4 Å². The number of unbranched alkanes of at least 4 members (excludes halogenated alkanes) is 3. The third-order valence-corrected chi connectivity index (χ3v) is 7.34. The zero-order valence-electron chi connectivity index (χ0n) is 18.3. The first-order valence-electron chi connectivity index (χ1n) is 11.8. The summed E-state index contributed by atoms with van der Waals surface area (Å²) < 4.78 is 24.8. The van der Waals surface area contributed by atoms with E-state index >= 15 is 0 Å². The number of rotatable bonds is 11. The van der Waals surface area contributed by atoms with Crippen molar-refractivity contribution in [2.24, 2.45) is 5.92 Å². The Balaban J connectivity index is 1.41. The fraction of sp³-hybridized carbons (Fsp3) is 0.556. The Hall–Kier alpha value is -1.35. The Morgan fingerprint density at radius 3 is 1.97 bits per heavy atom. The van der Waals surface area contributed by atoms with Crippen LogP contribution in [0.4, 0.5) is 8.78 Å². The summed E-state index contributed by atoms with van der Waals surface area (Å²) in [5.41, 5.74) is 4.07. The molecular formula is C27H36F2S. The van der Waals surface area contributed by atoms with Gasteiger partial charge in [-0.15, -0.1) is 0 Å². The van der Waals surface area contributed by atoms with Gasteiger partial charge in [-0.3, -0.25) is 0 Å². The Morgan fingerprint density at radius 1 is 0.800 bits per heavy atom. The Labute approximate surface area is 185 Å². The molecule has 0 radical (unpaired) electrons. The number of benzene rings is 2. The predicted molar refractivity (Wildman–Crippen MR) is 126 cm³/mol. The molecular weight excluding hydrogens is 394 g/mol. The summed E-state index contributed by atoms with van der Waals surface area (Å²) in [4.78, 5) is 0.633. The van der Waals surface area contributed by atoms with E-state index in [1.165, 1.54) is 74.5 Å². The van der Waals surface area contributed by atoms with Gasteiger partial charge in [0.1, 0.15) is 0 Å². The van der Waals surface area contributed by atoms with E-state index in [1.807, 2.05) is 12.1 Å². The Morgan fingerprint density at radius 2 is 1.40 bits per heavy atom. The molecule has 2 aromatic carbocycles. The first kappa shape index (κ1) is 23.3. The standard InChI is InChI=1S/C27H36F2S/c1-2-3-4-5-6-21-9-15-24(16-10-21)25-17-11-22(12-18-25)7-8-23-13-19-26(20-14-23)30-27(28)29/h11-14,17-21,24,27H,2-10,15-16H2,1H3/t21-,24-. The molecule has 3 rings (SSSR count). The van der Waals surface area contributed by atoms with E-state index in [4.69, 9.17) is 0 Å². The minimum Gasteiger partial charge on any atom is -0.198 e. The zero-order chi connectivity index (χ0) is 21.2. The van der Waals surface area contributed by atoms with Gasteiger partial charge in [0, 0.05) is 4.90 Å². The van der Waals surface area contributed by atoms with E-state index < -0.39 is 5.76 Å². The molecule has 0 aliphatic heterocycles. The number of hydrogen-bond donors (Lipinski definition) is 0. The topological polar surface area (TPSA) is 0 Å². The van der Waals surface area contributed by atoms with Gasteiger partial charge in [-0.05, 0) is 79.2 Å². The minimum atomic E-state index is -2.35. The van der Waals surface area contributed by atoms with Crippen molar-refractivity contribution >= 4 is 11.8 Å². The van der Waals surface area contributed by atoms with Crippen molar-refractivity contribution in [2.45, 2.75) is 94.1 Å². The van der Waals surface area contributed by atoms with Gasteiger partial charge in [0.05, 0.1) is 0 Å². The number of aryl methyl sites for hydroxylation is 2. The minimum absolute atomic E-state index is 0.609. The second-order valence-corrected chi connectivity index (χ2v) is 9.89. The zero-order valence-corrected chi connectivity index (χ0v) is 19.1. The van der Waals surface area contributed by atoms with Gasteiger partial charge in [0.25, 0.3) is 5.76 Å². The third-order valence-electron chi connectivity index (χ3n) is 6.61. The summed E-state index contributed by atoms with van der Waals surface area (Å²) in [6, 6.07) is 16.8. The van der Waals surface area contributed by atoms with Crippen LogP contribution in [-0.4, -0.2) is 5.76 Å². The fourth-order valence-electron chi connectivity index (χ4n) is 4.73. The van der Waals surface area contributed by atoms with Gasteiger partial charge in [-0.25, -0.2) is 0 Å². The van der Waals surface area contributed by atoms with Crippen molar-refractivity contribution in [3.05, 3.63) is 65.2 Å². The van der Waals surface area contributed by atoms with Gasteiger partial charge in [0.2, 0.25) is 0 Å². The molecule has 0 unspecified atom stereocenters. The molecule has 0 atom stereocenters. The van der Waals surface area contributed by atoms with E-state index in [0.717, 1.165) is 24.7 Å². The van der Waals surface area contributed by atoms with Gasteiger partial charge in [-0.2, -0.15) is 8.78 Å². The second-order valence-electron chi connectivity index (χ2n) is 8.83. The molecule has 1 aliphatic carbocycles. The van der Waals surface area contributed by atoms with Crippen LogP contribution in [0.1, 0.15) is 87.3 Å². The van der Waals surface area contributed by atoms with Crippen molar-refractivity contribution < 1.29 is 8.78 Å². The molecule has 0 aromatic heterocycles. The summed E-state index contributed by atoms with van der Waals surface area (Å²) in [6.45, 7) is 2.28. The molecule has 0 heterocycles. The number of hydrogen-bond acceptors (Lipinski definition) is 1. The maximum Gasteiger partial charge on any atom is 0.288 e. The lowest BCUT2D eigenvalue weighted by Gasteiger charge is -2.29. The largest absolute Gasteiger partial charge is 0.288 e. The molecule has 0 saturated heterocycles. The van der Waals surface area contributed by atoms with Crippen LogP contribution in [-0.2, 0) is 12.8 Å². The first-order valence-corrected chi connectivity index (χ1v) is 12.6. The van der Waals surface area contributed by atoms with E-state index in [-0.39, 0.29) is 0 Å². The second kappa shape index (κ2) is 12.5. The molecule has 1 fully saturated rings. The Kier molecular flexibility index (Phi) is 9.71. The smallest absolute Gasteiger partial charge is 0.198 e. The molecule has 0 nitrogen and oxygen atoms in total. The van der Waals surface area contributed by atoms with Crippen molar-refractivity contribution in [3.8, 4) is 0 Å². The molecule has 3 heteroatoms. The maximum atomic E-state index is 12.4. The number of halogens is 2. The molecule has 0 spiro atoms. The number of thioether (sulfide) groups is 1. The summed E-state index contributed by atoms with van der Waals surface area (Å²) in [5.74, 6) is -0.649. The van der Waals surface area contributed by atoms with E-state index in [2.05, 4.69) is 31.2 Å². The van der Waals surface area contributed by atoms with Crippen molar-refractivity contribution in [3.63, 3.8) is 0 Å². The average Bonchev–Trinajstić information content (AvgIpc) is 2.77.